The highest BCUT2D eigenvalue weighted by atomic mass is 127. The van der Waals surface area contributed by atoms with Crippen LogP contribution in [-0.4, -0.2) is 37.9 Å². The van der Waals surface area contributed by atoms with Gasteiger partial charge < -0.3 is 16.2 Å². The van der Waals surface area contributed by atoms with Crippen LogP contribution in [0.4, 0.5) is 5.69 Å². The monoisotopic (exact) mass is 509 g/mol. The van der Waals surface area contributed by atoms with E-state index in [0.717, 1.165) is 17.0 Å². The number of benzene rings is 1. The van der Waals surface area contributed by atoms with E-state index in [1.165, 1.54) is 11.6 Å². The fourth-order valence-corrected chi connectivity index (χ4v) is 4.66. The number of aliphatic hydroxyl groups is 1. The second-order valence-corrected chi connectivity index (χ2v) is 9.21. The Morgan fingerprint density at radius 1 is 1.31 bits per heavy atom. The number of thiophene rings is 1. The average Bonchev–Trinajstić information content (AvgIpc) is 3.08. The molecule has 144 valence electrons. The number of nitrogens with one attached hydrogen (secondary N) is 1. The summed E-state index contributed by atoms with van der Waals surface area (Å²) in [7, 11) is -3.50. The van der Waals surface area contributed by atoms with Crippen molar-refractivity contribution in [3.05, 3.63) is 47.3 Å². The maximum atomic E-state index is 12.1. The zero-order valence-electron chi connectivity index (χ0n) is 14.6. The third-order valence-electron chi connectivity index (χ3n) is 3.51. The largest absolute Gasteiger partial charge is 0.390 e. The van der Waals surface area contributed by atoms with Gasteiger partial charge in [-0.25, -0.2) is 8.42 Å². The minimum atomic E-state index is -3.50. The summed E-state index contributed by atoms with van der Waals surface area (Å²) < 4.78 is 24.4. The number of anilines is 1. The molecular formula is C17H24IN3O3S2. The molecule has 4 N–H and O–H groups in total. The van der Waals surface area contributed by atoms with E-state index in [0.29, 0.717) is 5.92 Å². The molecule has 2 rings (SSSR count). The summed E-state index contributed by atoms with van der Waals surface area (Å²) in [6.45, 7) is 4.11. The van der Waals surface area contributed by atoms with E-state index in [1.807, 2.05) is 24.3 Å². The van der Waals surface area contributed by atoms with E-state index in [9.17, 15) is 13.5 Å². The molecule has 1 unspecified atom stereocenters. The van der Waals surface area contributed by atoms with Gasteiger partial charge in [0, 0.05) is 5.69 Å². The SMILES string of the molecule is CC(C)c1cccc(NC(N)=NCC(O)CS(=O)(=O)c2cccs2)c1.I. The summed E-state index contributed by atoms with van der Waals surface area (Å²) in [5, 5.41) is 14.6. The molecule has 1 aromatic heterocycles. The second kappa shape index (κ2) is 10.2. The predicted molar refractivity (Wildman–Crippen MR) is 118 cm³/mol. The van der Waals surface area contributed by atoms with Gasteiger partial charge in [-0.1, -0.05) is 32.0 Å². The van der Waals surface area contributed by atoms with Gasteiger partial charge in [-0.15, -0.1) is 35.3 Å². The number of rotatable bonds is 7. The number of hydrogen-bond donors (Lipinski definition) is 3. The number of guanidine groups is 1. The van der Waals surface area contributed by atoms with Crippen molar-refractivity contribution in [3.63, 3.8) is 0 Å². The van der Waals surface area contributed by atoms with Crippen molar-refractivity contribution in [3.8, 4) is 0 Å². The molecule has 0 saturated heterocycles. The molecule has 0 aliphatic heterocycles. The molecule has 6 nitrogen and oxygen atoms in total. The first-order valence-electron chi connectivity index (χ1n) is 7.89. The molecule has 1 atom stereocenters. The molecule has 1 heterocycles. The van der Waals surface area contributed by atoms with Gasteiger partial charge >= 0.3 is 0 Å². The lowest BCUT2D eigenvalue weighted by Gasteiger charge is -2.11. The Morgan fingerprint density at radius 3 is 2.65 bits per heavy atom. The summed E-state index contributed by atoms with van der Waals surface area (Å²) in [6, 6.07) is 11.0. The summed E-state index contributed by atoms with van der Waals surface area (Å²) in [5.74, 6) is 0.144. The van der Waals surface area contributed by atoms with Crippen molar-refractivity contribution in [2.75, 3.05) is 17.6 Å². The van der Waals surface area contributed by atoms with Gasteiger partial charge in [0.15, 0.2) is 15.8 Å². The maximum absolute atomic E-state index is 12.1. The molecule has 0 aliphatic rings. The molecule has 0 fully saturated rings. The van der Waals surface area contributed by atoms with E-state index in [2.05, 4.69) is 24.2 Å². The average molecular weight is 509 g/mol. The van der Waals surface area contributed by atoms with E-state index in [4.69, 9.17) is 5.73 Å². The Hall–Kier alpha value is -1.17. The number of sulfone groups is 1. The topological polar surface area (TPSA) is 105 Å². The lowest BCUT2D eigenvalue weighted by Crippen LogP contribution is -2.28. The first-order valence-corrected chi connectivity index (χ1v) is 10.4. The van der Waals surface area contributed by atoms with Crippen molar-refractivity contribution in [2.24, 2.45) is 10.7 Å². The van der Waals surface area contributed by atoms with Gasteiger partial charge in [0.2, 0.25) is 0 Å². The predicted octanol–water partition coefficient (Wildman–Crippen LogP) is 3.05. The highest BCUT2D eigenvalue weighted by Gasteiger charge is 2.20. The minimum Gasteiger partial charge on any atom is -0.390 e. The molecule has 0 bridgehead atoms. The quantitative estimate of drug-likeness (QED) is 0.303. The number of nitrogens with zero attached hydrogens (tertiary/aromatic N) is 1. The molecule has 0 aliphatic carbocycles. The Balaban J connectivity index is 0.00000338. The van der Waals surface area contributed by atoms with Crippen LogP contribution in [0.15, 0.2) is 51.0 Å². The van der Waals surface area contributed by atoms with Crippen molar-refractivity contribution in [1.29, 1.82) is 0 Å². The van der Waals surface area contributed by atoms with Crippen LogP contribution in [0.2, 0.25) is 0 Å². The Morgan fingerprint density at radius 2 is 2.04 bits per heavy atom. The van der Waals surface area contributed by atoms with Crippen molar-refractivity contribution < 1.29 is 13.5 Å². The van der Waals surface area contributed by atoms with Crippen LogP contribution < -0.4 is 11.1 Å². The van der Waals surface area contributed by atoms with Gasteiger partial charge in [-0.2, -0.15) is 0 Å². The molecule has 26 heavy (non-hydrogen) atoms. The smallest absolute Gasteiger partial charge is 0.193 e. The zero-order valence-corrected chi connectivity index (χ0v) is 18.6. The standard InChI is InChI=1S/C17H23N3O3S2.HI/c1-12(2)13-5-3-6-14(9-13)20-17(18)19-10-15(21)11-25(22,23)16-7-4-8-24-16;/h3-9,12,15,21H,10-11H2,1-2H3,(H3,18,19,20);1H. The zero-order chi connectivity index (χ0) is 18.4. The van der Waals surface area contributed by atoms with Crippen LogP contribution in [-0.2, 0) is 9.84 Å². The molecule has 2 aromatic rings. The molecule has 0 radical (unpaired) electrons. The Kier molecular flexibility index (Phi) is 9.01. The number of nitrogens with two attached hydrogens (primary N) is 1. The number of halogens is 1. The number of hydrogen-bond acceptors (Lipinski definition) is 5. The molecule has 0 amide bonds. The van der Waals surface area contributed by atoms with E-state index >= 15 is 0 Å². The summed E-state index contributed by atoms with van der Waals surface area (Å²) in [6.07, 6.45) is -1.12. The van der Waals surface area contributed by atoms with Crippen LogP contribution in [0.3, 0.4) is 0 Å². The normalized spacial score (nSPS) is 13.3. The van der Waals surface area contributed by atoms with Gasteiger partial charge in [-0.3, -0.25) is 4.99 Å². The van der Waals surface area contributed by atoms with Crippen molar-refractivity contribution in [1.82, 2.24) is 0 Å². The number of aliphatic imine (C=N–C) groups is 1. The summed E-state index contributed by atoms with van der Waals surface area (Å²) >= 11 is 1.13. The fourth-order valence-electron chi connectivity index (χ4n) is 2.20. The van der Waals surface area contributed by atoms with E-state index in [-0.39, 0.29) is 46.4 Å². The first-order chi connectivity index (χ1) is 11.8. The number of aliphatic hydroxyl groups excluding tert-OH is 1. The van der Waals surface area contributed by atoms with E-state index in [1.54, 1.807) is 11.4 Å². The highest BCUT2D eigenvalue weighted by molar-refractivity contribution is 14.0. The maximum Gasteiger partial charge on any atom is 0.193 e. The Labute approximate surface area is 175 Å². The lowest BCUT2D eigenvalue weighted by molar-refractivity contribution is 0.206. The van der Waals surface area contributed by atoms with E-state index < -0.39 is 15.9 Å². The summed E-state index contributed by atoms with van der Waals surface area (Å²) in [5.41, 5.74) is 7.78. The van der Waals surface area contributed by atoms with Crippen LogP contribution in [0, 0.1) is 0 Å². The Bertz CT molecular complexity index is 822. The van der Waals surface area contributed by atoms with Crippen LogP contribution >= 0.6 is 35.3 Å². The van der Waals surface area contributed by atoms with Crippen LogP contribution in [0.5, 0.6) is 0 Å². The molecule has 9 heteroatoms. The van der Waals surface area contributed by atoms with Crippen LogP contribution in [0.1, 0.15) is 25.3 Å². The molecule has 0 spiro atoms. The molecule has 1 aromatic carbocycles. The van der Waals surface area contributed by atoms with Crippen molar-refractivity contribution in [2.45, 2.75) is 30.1 Å². The van der Waals surface area contributed by atoms with Crippen LogP contribution in [0.25, 0.3) is 0 Å². The lowest BCUT2D eigenvalue weighted by atomic mass is 10.0. The van der Waals surface area contributed by atoms with Gasteiger partial charge in [-0.05, 0) is 35.1 Å². The first kappa shape index (κ1) is 22.9. The highest BCUT2D eigenvalue weighted by Crippen LogP contribution is 2.19. The summed E-state index contributed by atoms with van der Waals surface area (Å²) in [4.78, 5) is 4.03. The third-order valence-corrected chi connectivity index (χ3v) is 6.80. The molecule has 0 saturated carbocycles. The van der Waals surface area contributed by atoms with Gasteiger partial charge in [0.05, 0.1) is 18.4 Å². The van der Waals surface area contributed by atoms with Gasteiger partial charge in [0.25, 0.3) is 0 Å². The fraction of sp³-hybridized carbons (Fsp3) is 0.353. The van der Waals surface area contributed by atoms with Gasteiger partial charge in [0.1, 0.15) is 4.21 Å². The second-order valence-electron chi connectivity index (χ2n) is 6.00. The third kappa shape index (κ3) is 6.86. The molecular weight excluding hydrogens is 485 g/mol. The van der Waals surface area contributed by atoms with Crippen molar-refractivity contribution >= 4 is 56.8 Å². The minimum absolute atomic E-state index is 0.